The molecule has 0 aromatic heterocycles. The van der Waals surface area contributed by atoms with Gasteiger partial charge in [0.1, 0.15) is 5.92 Å². The summed E-state index contributed by atoms with van der Waals surface area (Å²) >= 11 is 11.9. The van der Waals surface area contributed by atoms with Crippen molar-refractivity contribution in [2.45, 2.75) is 32.5 Å². The summed E-state index contributed by atoms with van der Waals surface area (Å²) in [6.07, 6.45) is 0. The minimum atomic E-state index is -1.13. The largest absolute Gasteiger partial charge is 0.490 e. The highest BCUT2D eigenvalue weighted by Gasteiger charge is 2.59. The molecule has 180 valence electrons. The van der Waals surface area contributed by atoms with Crippen molar-refractivity contribution >= 4 is 46.2 Å². The fourth-order valence-electron chi connectivity index (χ4n) is 4.97. The van der Waals surface area contributed by atoms with Gasteiger partial charge in [-0.15, -0.1) is 0 Å². The standard InChI is InChI=1S/C27H26ClN3O3S/c1-4-33-21-11-7-9-19-23-22(25(32)29-18-14-12-17(28)13-15-18)27(3,34-24(19)21)31(26(35)30-23)20-10-6-5-8-16(20)2/h5-15,22-23H,4H2,1-3H3,(H,29,32)(H,30,35)/t22-,23-,27+/m1/s1. The third kappa shape index (κ3) is 3.98. The molecule has 0 aliphatic carbocycles. The van der Waals surface area contributed by atoms with E-state index in [4.69, 9.17) is 33.3 Å². The van der Waals surface area contributed by atoms with Gasteiger partial charge in [0.15, 0.2) is 22.3 Å². The number of carbonyl (C=O) groups is 1. The van der Waals surface area contributed by atoms with Crippen molar-refractivity contribution in [2.24, 2.45) is 5.92 Å². The smallest absolute Gasteiger partial charge is 0.236 e. The molecule has 0 unspecified atom stereocenters. The molecule has 35 heavy (non-hydrogen) atoms. The monoisotopic (exact) mass is 507 g/mol. The number of thiocarbonyl (C=S) groups is 1. The predicted octanol–water partition coefficient (Wildman–Crippen LogP) is 5.85. The minimum absolute atomic E-state index is 0.194. The Labute approximate surface area is 215 Å². The fraction of sp³-hybridized carbons (Fsp3) is 0.259. The number of benzene rings is 3. The molecule has 8 heteroatoms. The summed E-state index contributed by atoms with van der Waals surface area (Å²) in [6.45, 7) is 6.35. The maximum absolute atomic E-state index is 13.9. The van der Waals surface area contributed by atoms with Crippen LogP contribution in [-0.2, 0) is 4.79 Å². The topological polar surface area (TPSA) is 62.8 Å². The second-order valence-electron chi connectivity index (χ2n) is 8.79. The Morgan fingerprint density at radius 2 is 1.91 bits per heavy atom. The zero-order chi connectivity index (χ0) is 24.7. The molecule has 2 N–H and O–H groups in total. The lowest BCUT2D eigenvalue weighted by Gasteiger charge is -2.56. The molecule has 0 radical (unpaired) electrons. The molecule has 1 amide bonds. The number of aryl methyl sites for hydroxylation is 1. The van der Waals surface area contributed by atoms with Crippen molar-refractivity contribution in [1.82, 2.24) is 5.32 Å². The van der Waals surface area contributed by atoms with Crippen LogP contribution >= 0.6 is 23.8 Å². The average Bonchev–Trinajstić information content (AvgIpc) is 2.82. The number of para-hydroxylation sites is 2. The maximum atomic E-state index is 13.9. The molecule has 3 aromatic rings. The number of hydrogen-bond donors (Lipinski definition) is 2. The molecular formula is C27H26ClN3O3S. The highest BCUT2D eigenvalue weighted by atomic mass is 35.5. The van der Waals surface area contributed by atoms with Gasteiger partial charge in [0.05, 0.1) is 12.6 Å². The van der Waals surface area contributed by atoms with E-state index in [1.807, 2.05) is 68.1 Å². The lowest BCUT2D eigenvalue weighted by atomic mass is 9.78. The zero-order valence-corrected chi connectivity index (χ0v) is 21.2. The van der Waals surface area contributed by atoms with Crippen LogP contribution in [0.1, 0.15) is 31.0 Å². The summed E-state index contributed by atoms with van der Waals surface area (Å²) in [6, 6.07) is 20.3. The number of halogens is 1. The van der Waals surface area contributed by atoms with Crippen LogP contribution in [0.3, 0.4) is 0 Å². The molecule has 2 heterocycles. The Hall–Kier alpha value is -3.29. The van der Waals surface area contributed by atoms with E-state index in [1.165, 1.54) is 0 Å². The van der Waals surface area contributed by atoms with Crippen molar-refractivity contribution in [3.8, 4) is 11.5 Å². The molecule has 0 spiro atoms. The van der Waals surface area contributed by atoms with Crippen molar-refractivity contribution in [2.75, 3.05) is 16.8 Å². The molecule has 1 fully saturated rings. The third-order valence-corrected chi connectivity index (χ3v) is 7.09. The number of anilines is 2. The number of fused-ring (bicyclic) bond motifs is 4. The number of ether oxygens (including phenoxy) is 2. The quantitative estimate of drug-likeness (QED) is 0.423. The molecule has 3 atom stereocenters. The summed E-state index contributed by atoms with van der Waals surface area (Å²) in [4.78, 5) is 15.8. The fourth-order valence-corrected chi connectivity index (χ4v) is 5.50. The second kappa shape index (κ2) is 9.06. The Bertz CT molecular complexity index is 1300. The first-order valence-corrected chi connectivity index (χ1v) is 12.3. The summed E-state index contributed by atoms with van der Waals surface area (Å²) in [7, 11) is 0. The number of carbonyl (C=O) groups excluding carboxylic acids is 1. The first kappa shape index (κ1) is 23.5. The first-order chi connectivity index (χ1) is 16.8. The van der Waals surface area contributed by atoms with Gasteiger partial charge in [-0.2, -0.15) is 0 Å². The second-order valence-corrected chi connectivity index (χ2v) is 9.61. The highest BCUT2D eigenvalue weighted by Crippen LogP contribution is 2.52. The van der Waals surface area contributed by atoms with Crippen LogP contribution in [0.4, 0.5) is 11.4 Å². The van der Waals surface area contributed by atoms with Crippen LogP contribution in [0, 0.1) is 12.8 Å². The summed E-state index contributed by atoms with van der Waals surface area (Å²) < 4.78 is 12.6. The molecule has 6 nitrogen and oxygen atoms in total. The van der Waals surface area contributed by atoms with E-state index >= 15 is 0 Å². The number of amides is 1. The minimum Gasteiger partial charge on any atom is -0.490 e. The highest BCUT2D eigenvalue weighted by molar-refractivity contribution is 7.80. The van der Waals surface area contributed by atoms with Gasteiger partial charge in [0.2, 0.25) is 5.91 Å². The third-order valence-electron chi connectivity index (χ3n) is 6.54. The Kier molecular flexibility index (Phi) is 6.07. The van der Waals surface area contributed by atoms with E-state index in [2.05, 4.69) is 10.6 Å². The van der Waals surface area contributed by atoms with Crippen LogP contribution < -0.4 is 25.0 Å². The maximum Gasteiger partial charge on any atom is 0.236 e. The van der Waals surface area contributed by atoms with E-state index in [-0.39, 0.29) is 5.91 Å². The number of nitrogens with one attached hydrogen (secondary N) is 2. The van der Waals surface area contributed by atoms with Crippen LogP contribution in [0.5, 0.6) is 11.5 Å². The Morgan fingerprint density at radius 1 is 1.17 bits per heavy atom. The van der Waals surface area contributed by atoms with Crippen molar-refractivity contribution < 1.29 is 14.3 Å². The summed E-state index contributed by atoms with van der Waals surface area (Å²) in [5.74, 6) is 0.415. The van der Waals surface area contributed by atoms with Crippen molar-refractivity contribution in [1.29, 1.82) is 0 Å². The molecule has 2 bridgehead atoms. The van der Waals surface area contributed by atoms with Gasteiger partial charge in [0.25, 0.3) is 0 Å². The number of hydrogen-bond acceptors (Lipinski definition) is 4. The zero-order valence-electron chi connectivity index (χ0n) is 19.7. The van der Waals surface area contributed by atoms with Crippen LogP contribution in [0.25, 0.3) is 0 Å². The van der Waals surface area contributed by atoms with Crippen molar-refractivity contribution in [3.05, 3.63) is 82.9 Å². The van der Waals surface area contributed by atoms with Crippen LogP contribution in [0.2, 0.25) is 5.02 Å². The molecule has 2 aliphatic rings. The lowest BCUT2D eigenvalue weighted by molar-refractivity contribution is -0.130. The molecule has 5 rings (SSSR count). The molecule has 2 aliphatic heterocycles. The molecule has 0 saturated carbocycles. The van der Waals surface area contributed by atoms with Crippen molar-refractivity contribution in [3.63, 3.8) is 0 Å². The van der Waals surface area contributed by atoms with Gasteiger partial charge >= 0.3 is 0 Å². The van der Waals surface area contributed by atoms with E-state index in [0.717, 1.165) is 16.8 Å². The van der Waals surface area contributed by atoms with Gasteiger partial charge in [-0.25, -0.2) is 0 Å². The average molecular weight is 508 g/mol. The van der Waals surface area contributed by atoms with E-state index in [1.54, 1.807) is 24.3 Å². The number of nitrogens with zero attached hydrogens (tertiary/aromatic N) is 1. The molecular weight excluding hydrogens is 482 g/mol. The Balaban J connectivity index is 1.65. The molecule has 3 aromatic carbocycles. The SMILES string of the molecule is CCOc1cccc2c1O[C@@]1(C)[C@@H](C(=O)Nc3ccc(Cl)cc3)[C@@H]2NC(=S)N1c1ccccc1C. The first-order valence-electron chi connectivity index (χ1n) is 11.5. The summed E-state index contributed by atoms with van der Waals surface area (Å²) in [5.41, 5.74) is 2.24. The van der Waals surface area contributed by atoms with Crippen LogP contribution in [0.15, 0.2) is 66.7 Å². The van der Waals surface area contributed by atoms with Gasteiger partial charge in [-0.05, 0) is 75.0 Å². The van der Waals surface area contributed by atoms with Gasteiger partial charge in [-0.1, -0.05) is 41.9 Å². The summed E-state index contributed by atoms with van der Waals surface area (Å²) in [5, 5.41) is 7.58. The van der Waals surface area contributed by atoms with Gasteiger partial charge in [0, 0.05) is 22.0 Å². The predicted molar refractivity (Wildman–Crippen MR) is 142 cm³/mol. The number of rotatable bonds is 5. The van der Waals surface area contributed by atoms with E-state index < -0.39 is 17.7 Å². The van der Waals surface area contributed by atoms with E-state index in [9.17, 15) is 4.79 Å². The normalized spacial score (nSPS) is 22.5. The van der Waals surface area contributed by atoms with E-state index in [0.29, 0.717) is 33.9 Å². The Morgan fingerprint density at radius 3 is 2.63 bits per heavy atom. The lowest BCUT2D eigenvalue weighted by Crippen LogP contribution is -2.72. The van der Waals surface area contributed by atoms with Gasteiger partial charge in [-0.3, -0.25) is 9.69 Å². The molecule has 1 saturated heterocycles. The van der Waals surface area contributed by atoms with Gasteiger partial charge < -0.3 is 20.1 Å². The van der Waals surface area contributed by atoms with Crippen LogP contribution in [-0.4, -0.2) is 23.4 Å².